The van der Waals surface area contributed by atoms with Crippen molar-refractivity contribution in [2.24, 2.45) is 0 Å². The summed E-state index contributed by atoms with van der Waals surface area (Å²) in [5.74, 6) is 2.06. The standard InChI is InChI=1S/C14H23N5/c1-2-4-8-18(7-3-1)13-11-17-14(12-16-13)19-9-5-15-6-10-19/h11-12,15H,1-10H2. The lowest BCUT2D eigenvalue weighted by molar-refractivity contribution is 0.584. The Morgan fingerprint density at radius 3 is 1.79 bits per heavy atom. The highest BCUT2D eigenvalue weighted by molar-refractivity contribution is 5.43. The van der Waals surface area contributed by atoms with E-state index in [0.717, 1.165) is 50.9 Å². The van der Waals surface area contributed by atoms with Gasteiger partial charge in [0.05, 0.1) is 12.4 Å². The topological polar surface area (TPSA) is 44.3 Å². The molecule has 1 aromatic heterocycles. The van der Waals surface area contributed by atoms with Gasteiger partial charge < -0.3 is 15.1 Å². The molecular formula is C14H23N5. The van der Waals surface area contributed by atoms with Crippen molar-refractivity contribution < 1.29 is 0 Å². The maximum atomic E-state index is 4.62. The number of hydrogen-bond donors (Lipinski definition) is 1. The van der Waals surface area contributed by atoms with E-state index < -0.39 is 0 Å². The van der Waals surface area contributed by atoms with E-state index in [0.29, 0.717) is 0 Å². The maximum Gasteiger partial charge on any atom is 0.147 e. The van der Waals surface area contributed by atoms with Crippen LogP contribution in [0.25, 0.3) is 0 Å². The molecule has 0 aliphatic carbocycles. The van der Waals surface area contributed by atoms with Crippen LogP contribution in [0.3, 0.4) is 0 Å². The quantitative estimate of drug-likeness (QED) is 0.868. The van der Waals surface area contributed by atoms with Crippen LogP contribution in [0.4, 0.5) is 11.6 Å². The van der Waals surface area contributed by atoms with E-state index >= 15 is 0 Å². The van der Waals surface area contributed by atoms with Crippen molar-refractivity contribution in [3.63, 3.8) is 0 Å². The Kier molecular flexibility index (Phi) is 4.13. The highest BCUT2D eigenvalue weighted by atomic mass is 15.3. The van der Waals surface area contributed by atoms with Gasteiger partial charge in [-0.1, -0.05) is 12.8 Å². The molecule has 3 rings (SSSR count). The molecule has 2 aliphatic rings. The van der Waals surface area contributed by atoms with Crippen molar-refractivity contribution in [3.8, 4) is 0 Å². The Morgan fingerprint density at radius 2 is 1.26 bits per heavy atom. The summed E-state index contributed by atoms with van der Waals surface area (Å²) in [4.78, 5) is 13.9. The van der Waals surface area contributed by atoms with Crippen LogP contribution in [0.1, 0.15) is 25.7 Å². The second kappa shape index (κ2) is 6.19. The van der Waals surface area contributed by atoms with Gasteiger partial charge in [0, 0.05) is 39.3 Å². The van der Waals surface area contributed by atoms with Crippen LogP contribution >= 0.6 is 0 Å². The molecule has 19 heavy (non-hydrogen) atoms. The first kappa shape index (κ1) is 12.7. The molecular weight excluding hydrogens is 238 g/mol. The second-order valence-electron chi connectivity index (χ2n) is 5.37. The number of anilines is 2. The third kappa shape index (κ3) is 3.15. The number of hydrogen-bond acceptors (Lipinski definition) is 5. The predicted octanol–water partition coefficient (Wildman–Crippen LogP) is 1.27. The summed E-state index contributed by atoms with van der Waals surface area (Å²) >= 11 is 0. The molecule has 0 unspecified atom stereocenters. The summed E-state index contributed by atoms with van der Waals surface area (Å²) in [5, 5.41) is 3.36. The Morgan fingerprint density at radius 1 is 0.737 bits per heavy atom. The Hall–Kier alpha value is -1.36. The maximum absolute atomic E-state index is 4.62. The zero-order valence-corrected chi connectivity index (χ0v) is 11.5. The first-order valence-corrected chi connectivity index (χ1v) is 7.46. The number of rotatable bonds is 2. The van der Waals surface area contributed by atoms with Crippen molar-refractivity contribution in [3.05, 3.63) is 12.4 Å². The van der Waals surface area contributed by atoms with Gasteiger partial charge in [0.2, 0.25) is 0 Å². The number of aromatic nitrogens is 2. The van der Waals surface area contributed by atoms with Crippen LogP contribution in [-0.4, -0.2) is 49.2 Å². The molecule has 2 aliphatic heterocycles. The molecule has 0 amide bonds. The van der Waals surface area contributed by atoms with Crippen molar-refractivity contribution in [1.29, 1.82) is 0 Å². The zero-order chi connectivity index (χ0) is 12.9. The molecule has 5 heteroatoms. The minimum absolute atomic E-state index is 1.01. The normalized spacial score (nSPS) is 21.3. The average Bonchev–Trinajstić information content (AvgIpc) is 2.77. The molecule has 0 bridgehead atoms. The minimum Gasteiger partial charge on any atom is -0.355 e. The Labute approximate surface area is 115 Å². The van der Waals surface area contributed by atoms with Gasteiger partial charge in [-0.15, -0.1) is 0 Å². The van der Waals surface area contributed by atoms with E-state index in [1.54, 1.807) is 0 Å². The molecule has 2 saturated heterocycles. The summed E-state index contributed by atoms with van der Waals surface area (Å²) in [6, 6.07) is 0. The van der Waals surface area contributed by atoms with E-state index in [1.807, 2.05) is 12.4 Å². The molecule has 104 valence electrons. The van der Waals surface area contributed by atoms with Crippen LogP contribution in [0, 0.1) is 0 Å². The fourth-order valence-electron chi connectivity index (χ4n) is 2.83. The van der Waals surface area contributed by atoms with Gasteiger partial charge in [0.25, 0.3) is 0 Å². The fraction of sp³-hybridized carbons (Fsp3) is 0.714. The van der Waals surface area contributed by atoms with E-state index in [9.17, 15) is 0 Å². The van der Waals surface area contributed by atoms with Crippen molar-refractivity contribution in [1.82, 2.24) is 15.3 Å². The molecule has 3 heterocycles. The van der Waals surface area contributed by atoms with Crippen molar-refractivity contribution in [2.75, 3.05) is 49.1 Å². The lowest BCUT2D eigenvalue weighted by atomic mass is 10.2. The van der Waals surface area contributed by atoms with E-state index in [1.165, 1.54) is 25.7 Å². The van der Waals surface area contributed by atoms with Crippen molar-refractivity contribution >= 4 is 11.6 Å². The second-order valence-corrected chi connectivity index (χ2v) is 5.37. The summed E-state index contributed by atoms with van der Waals surface area (Å²) in [5.41, 5.74) is 0. The molecule has 0 radical (unpaired) electrons. The van der Waals surface area contributed by atoms with Gasteiger partial charge in [-0.3, -0.25) is 0 Å². The number of nitrogens with one attached hydrogen (secondary N) is 1. The molecule has 0 atom stereocenters. The molecule has 0 saturated carbocycles. The minimum atomic E-state index is 1.01. The molecule has 5 nitrogen and oxygen atoms in total. The number of nitrogens with zero attached hydrogens (tertiary/aromatic N) is 4. The van der Waals surface area contributed by atoms with Gasteiger partial charge >= 0.3 is 0 Å². The van der Waals surface area contributed by atoms with E-state index in [-0.39, 0.29) is 0 Å². The van der Waals surface area contributed by atoms with Crippen LogP contribution in [-0.2, 0) is 0 Å². The molecule has 2 fully saturated rings. The van der Waals surface area contributed by atoms with E-state index in [2.05, 4.69) is 25.1 Å². The molecule has 0 aromatic carbocycles. The largest absolute Gasteiger partial charge is 0.355 e. The van der Waals surface area contributed by atoms with E-state index in [4.69, 9.17) is 0 Å². The summed E-state index contributed by atoms with van der Waals surface area (Å²) in [6.45, 7) is 6.38. The van der Waals surface area contributed by atoms with Crippen LogP contribution in [0.5, 0.6) is 0 Å². The average molecular weight is 261 g/mol. The third-order valence-corrected chi connectivity index (χ3v) is 4.00. The third-order valence-electron chi connectivity index (χ3n) is 4.00. The zero-order valence-electron chi connectivity index (χ0n) is 11.5. The summed E-state index contributed by atoms with van der Waals surface area (Å²) in [7, 11) is 0. The predicted molar refractivity (Wildman–Crippen MR) is 77.8 cm³/mol. The lowest BCUT2D eigenvalue weighted by Gasteiger charge is -2.28. The summed E-state index contributed by atoms with van der Waals surface area (Å²) < 4.78 is 0. The van der Waals surface area contributed by atoms with Crippen LogP contribution < -0.4 is 15.1 Å². The van der Waals surface area contributed by atoms with Gasteiger partial charge in [-0.05, 0) is 12.8 Å². The first-order chi connectivity index (χ1) is 9.43. The Balaban J connectivity index is 1.67. The smallest absolute Gasteiger partial charge is 0.147 e. The van der Waals surface area contributed by atoms with Crippen LogP contribution in [0.15, 0.2) is 12.4 Å². The first-order valence-electron chi connectivity index (χ1n) is 7.46. The monoisotopic (exact) mass is 261 g/mol. The highest BCUT2D eigenvalue weighted by Gasteiger charge is 2.14. The van der Waals surface area contributed by atoms with Gasteiger partial charge in [0.15, 0.2) is 0 Å². The SMILES string of the molecule is c1nc(N2CCNCC2)cnc1N1CCCCCC1. The summed E-state index contributed by atoms with van der Waals surface area (Å²) in [6.07, 6.45) is 9.14. The lowest BCUT2D eigenvalue weighted by Crippen LogP contribution is -2.44. The fourth-order valence-corrected chi connectivity index (χ4v) is 2.83. The van der Waals surface area contributed by atoms with Crippen molar-refractivity contribution in [2.45, 2.75) is 25.7 Å². The van der Waals surface area contributed by atoms with Crippen LogP contribution in [0.2, 0.25) is 0 Å². The number of piperazine rings is 1. The highest BCUT2D eigenvalue weighted by Crippen LogP contribution is 2.18. The Bertz CT molecular complexity index is 377. The molecule has 1 N–H and O–H groups in total. The van der Waals surface area contributed by atoms with Gasteiger partial charge in [0.1, 0.15) is 11.6 Å². The molecule has 0 spiro atoms. The van der Waals surface area contributed by atoms with Gasteiger partial charge in [-0.2, -0.15) is 0 Å². The van der Waals surface area contributed by atoms with Gasteiger partial charge in [-0.25, -0.2) is 9.97 Å². The molecule has 1 aromatic rings.